The van der Waals surface area contributed by atoms with Gasteiger partial charge in [-0.2, -0.15) is 5.10 Å². The van der Waals surface area contributed by atoms with E-state index >= 15 is 0 Å². The van der Waals surface area contributed by atoms with E-state index in [4.69, 9.17) is 0 Å². The number of aryl methyl sites for hydroxylation is 2. The Balaban J connectivity index is 1.96. The Labute approximate surface area is 144 Å². The molecule has 0 amide bonds. The topological polar surface area (TPSA) is 54.2 Å². The van der Waals surface area contributed by atoms with E-state index in [1.807, 2.05) is 31.6 Å². The van der Waals surface area contributed by atoms with Crippen molar-refractivity contribution in [3.8, 4) is 0 Å². The lowest BCUT2D eigenvalue weighted by atomic mass is 10.2. The predicted molar refractivity (Wildman–Crippen MR) is 93.8 cm³/mol. The third-order valence-corrected chi connectivity index (χ3v) is 4.16. The average molecular weight is 382 g/mol. The molecule has 7 heteroatoms. The highest BCUT2D eigenvalue weighted by Crippen LogP contribution is 2.15. The molecule has 2 N–H and O–H groups in total. The van der Waals surface area contributed by atoms with Crippen LogP contribution < -0.4 is 10.6 Å². The number of nitrogens with zero attached hydrogens (tertiary/aromatic N) is 3. The Hall–Kier alpha value is -1.89. The molecule has 1 aromatic carbocycles. The van der Waals surface area contributed by atoms with Gasteiger partial charge < -0.3 is 10.6 Å². The molecular weight excluding hydrogens is 361 g/mol. The fraction of sp³-hybridized carbons (Fsp3) is 0.375. The summed E-state index contributed by atoms with van der Waals surface area (Å²) in [5.41, 5.74) is 4.12. The van der Waals surface area contributed by atoms with Gasteiger partial charge in [-0.15, -0.1) is 0 Å². The van der Waals surface area contributed by atoms with E-state index < -0.39 is 0 Å². The van der Waals surface area contributed by atoms with Crippen molar-refractivity contribution in [1.29, 1.82) is 0 Å². The van der Waals surface area contributed by atoms with Gasteiger partial charge in [-0.3, -0.25) is 9.67 Å². The van der Waals surface area contributed by atoms with Crippen LogP contribution in [0, 0.1) is 19.7 Å². The summed E-state index contributed by atoms with van der Waals surface area (Å²) in [4.78, 5) is 4.19. The second kappa shape index (κ2) is 7.59. The zero-order valence-electron chi connectivity index (χ0n) is 13.7. The van der Waals surface area contributed by atoms with Crippen molar-refractivity contribution in [3.05, 3.63) is 51.0 Å². The van der Waals surface area contributed by atoms with E-state index in [0.717, 1.165) is 27.0 Å². The van der Waals surface area contributed by atoms with Gasteiger partial charge in [-0.05, 0) is 37.6 Å². The van der Waals surface area contributed by atoms with Gasteiger partial charge in [0.2, 0.25) is 0 Å². The van der Waals surface area contributed by atoms with Gasteiger partial charge in [0.1, 0.15) is 5.82 Å². The van der Waals surface area contributed by atoms with E-state index in [2.05, 4.69) is 36.7 Å². The highest BCUT2D eigenvalue weighted by atomic mass is 79.9. The number of benzene rings is 1. The van der Waals surface area contributed by atoms with Gasteiger partial charge in [-0.1, -0.05) is 15.9 Å². The number of hydrogen-bond donors (Lipinski definition) is 2. The quantitative estimate of drug-likeness (QED) is 0.632. The number of hydrogen-bond acceptors (Lipinski definition) is 2. The van der Waals surface area contributed by atoms with E-state index in [9.17, 15) is 4.39 Å². The van der Waals surface area contributed by atoms with Gasteiger partial charge in [0.05, 0.1) is 5.69 Å². The molecule has 1 aromatic heterocycles. The molecule has 0 spiro atoms. The number of aromatic nitrogens is 2. The van der Waals surface area contributed by atoms with Gasteiger partial charge in [0.15, 0.2) is 5.96 Å². The molecule has 0 fully saturated rings. The molecule has 5 nitrogen and oxygen atoms in total. The first-order valence-corrected chi connectivity index (χ1v) is 8.08. The summed E-state index contributed by atoms with van der Waals surface area (Å²) in [6.45, 7) is 5.15. The van der Waals surface area contributed by atoms with Crippen LogP contribution in [0.15, 0.2) is 27.7 Å². The minimum Gasteiger partial charge on any atom is -0.352 e. The molecule has 0 saturated heterocycles. The van der Waals surface area contributed by atoms with Crippen molar-refractivity contribution in [2.75, 3.05) is 7.05 Å². The molecule has 124 valence electrons. The summed E-state index contributed by atoms with van der Waals surface area (Å²) < 4.78 is 16.0. The summed E-state index contributed by atoms with van der Waals surface area (Å²) >= 11 is 3.29. The average Bonchev–Trinajstić information content (AvgIpc) is 2.72. The van der Waals surface area contributed by atoms with E-state index in [0.29, 0.717) is 19.0 Å². The molecule has 0 radical (unpaired) electrons. The van der Waals surface area contributed by atoms with Crippen molar-refractivity contribution in [2.45, 2.75) is 26.9 Å². The maximum atomic E-state index is 13.4. The summed E-state index contributed by atoms with van der Waals surface area (Å²) in [7, 11) is 3.64. The Morgan fingerprint density at radius 3 is 2.52 bits per heavy atom. The lowest BCUT2D eigenvalue weighted by Gasteiger charge is -2.12. The van der Waals surface area contributed by atoms with Crippen LogP contribution in [-0.4, -0.2) is 22.8 Å². The molecule has 0 atom stereocenters. The van der Waals surface area contributed by atoms with Crippen LogP contribution in [0.2, 0.25) is 0 Å². The summed E-state index contributed by atoms with van der Waals surface area (Å²) in [6.07, 6.45) is 0. The van der Waals surface area contributed by atoms with Gasteiger partial charge in [0, 0.05) is 42.9 Å². The van der Waals surface area contributed by atoms with Gasteiger partial charge in [-0.25, -0.2) is 4.39 Å². The Kier molecular flexibility index (Phi) is 5.76. The maximum Gasteiger partial charge on any atom is 0.191 e. The minimum atomic E-state index is -0.263. The highest BCUT2D eigenvalue weighted by Gasteiger charge is 2.09. The van der Waals surface area contributed by atoms with Crippen molar-refractivity contribution in [3.63, 3.8) is 0 Å². The van der Waals surface area contributed by atoms with Gasteiger partial charge in [0.25, 0.3) is 0 Å². The molecule has 23 heavy (non-hydrogen) atoms. The van der Waals surface area contributed by atoms with Crippen LogP contribution >= 0.6 is 15.9 Å². The highest BCUT2D eigenvalue weighted by molar-refractivity contribution is 9.10. The van der Waals surface area contributed by atoms with Crippen molar-refractivity contribution >= 4 is 21.9 Å². The third-order valence-electron chi connectivity index (χ3n) is 3.70. The summed E-state index contributed by atoms with van der Waals surface area (Å²) in [5.74, 6) is 0.397. The van der Waals surface area contributed by atoms with Gasteiger partial charge >= 0.3 is 0 Å². The molecule has 2 rings (SSSR count). The van der Waals surface area contributed by atoms with E-state index in [-0.39, 0.29) is 5.82 Å². The number of halogens is 2. The summed E-state index contributed by atoms with van der Waals surface area (Å²) in [6, 6.07) is 4.81. The Morgan fingerprint density at radius 2 is 1.96 bits per heavy atom. The molecule has 0 saturated carbocycles. The molecule has 0 unspecified atom stereocenters. The largest absolute Gasteiger partial charge is 0.352 e. The second-order valence-electron chi connectivity index (χ2n) is 5.33. The third kappa shape index (κ3) is 4.54. The molecule has 0 aliphatic carbocycles. The summed E-state index contributed by atoms with van der Waals surface area (Å²) in [5, 5.41) is 10.8. The lowest BCUT2D eigenvalue weighted by Crippen LogP contribution is -2.36. The Morgan fingerprint density at radius 1 is 1.26 bits per heavy atom. The first kappa shape index (κ1) is 17.5. The van der Waals surface area contributed by atoms with E-state index in [1.54, 1.807) is 7.05 Å². The molecule has 2 aromatic rings. The number of rotatable bonds is 4. The van der Waals surface area contributed by atoms with Crippen molar-refractivity contribution in [2.24, 2.45) is 12.0 Å². The second-order valence-corrected chi connectivity index (χ2v) is 6.25. The normalized spacial score (nSPS) is 11.7. The molecular formula is C16H21BrFN5. The zero-order chi connectivity index (χ0) is 17.0. The number of nitrogens with one attached hydrogen (secondary N) is 2. The smallest absolute Gasteiger partial charge is 0.191 e. The standard InChI is InChI=1S/C16H21BrFN5/c1-10-15(11(2)23(4)22-10)9-21-16(19-3)20-8-12-5-13(17)7-14(18)6-12/h5-7H,8-9H2,1-4H3,(H2,19,20,21). The van der Waals surface area contributed by atoms with Crippen molar-refractivity contribution in [1.82, 2.24) is 20.4 Å². The fourth-order valence-electron chi connectivity index (χ4n) is 2.36. The SMILES string of the molecule is CN=C(NCc1cc(F)cc(Br)c1)NCc1c(C)nn(C)c1C. The molecule has 0 aliphatic rings. The number of aliphatic imine (C=N–C) groups is 1. The lowest BCUT2D eigenvalue weighted by molar-refractivity contribution is 0.623. The molecule has 1 heterocycles. The maximum absolute atomic E-state index is 13.4. The van der Waals surface area contributed by atoms with Crippen LogP contribution in [0.25, 0.3) is 0 Å². The number of guanidine groups is 1. The van der Waals surface area contributed by atoms with Crippen LogP contribution in [0.1, 0.15) is 22.5 Å². The molecule has 0 aliphatic heterocycles. The van der Waals surface area contributed by atoms with Crippen LogP contribution in [-0.2, 0) is 20.1 Å². The predicted octanol–water partition coefficient (Wildman–Crippen LogP) is 2.80. The molecule has 0 bridgehead atoms. The van der Waals surface area contributed by atoms with Crippen LogP contribution in [0.4, 0.5) is 4.39 Å². The first-order chi connectivity index (χ1) is 10.9. The van der Waals surface area contributed by atoms with E-state index in [1.165, 1.54) is 12.1 Å². The fourth-order valence-corrected chi connectivity index (χ4v) is 2.88. The van der Waals surface area contributed by atoms with Crippen LogP contribution in [0.3, 0.4) is 0 Å². The monoisotopic (exact) mass is 381 g/mol. The van der Waals surface area contributed by atoms with Crippen molar-refractivity contribution < 1.29 is 4.39 Å². The Bertz CT molecular complexity index is 703. The van der Waals surface area contributed by atoms with Crippen LogP contribution in [0.5, 0.6) is 0 Å². The minimum absolute atomic E-state index is 0.263. The zero-order valence-corrected chi connectivity index (χ0v) is 15.3. The first-order valence-electron chi connectivity index (χ1n) is 7.29.